The minimum atomic E-state index is -4.69. The largest absolute Gasteiger partial charge is 0.378 e. The van der Waals surface area contributed by atoms with Gasteiger partial charge >= 0.3 is 0 Å². The smallest absolute Gasteiger partial charge is 0.0777 e. The van der Waals surface area contributed by atoms with Crippen molar-refractivity contribution in [1.29, 1.82) is 0 Å². The summed E-state index contributed by atoms with van der Waals surface area (Å²) in [6, 6.07) is 17.3. The van der Waals surface area contributed by atoms with Crippen molar-refractivity contribution in [2.75, 3.05) is 38.0 Å². The van der Waals surface area contributed by atoms with E-state index in [9.17, 15) is 0 Å². The molecule has 6 nitrogen and oxygen atoms in total. The van der Waals surface area contributed by atoms with Gasteiger partial charge in [0.1, 0.15) is 0 Å². The molecule has 23 heavy (non-hydrogen) atoms. The van der Waals surface area contributed by atoms with Crippen molar-refractivity contribution in [3.63, 3.8) is 0 Å². The Hall–Kier alpha value is -1.83. The van der Waals surface area contributed by atoms with Crippen LogP contribution in [0.4, 0.5) is 11.4 Å². The molecule has 0 saturated heterocycles. The Balaban J connectivity index is 0.000000463. The maximum Gasteiger partial charge on any atom is 0.0777 e. The first-order valence-corrected chi connectivity index (χ1v) is 8.02. The van der Waals surface area contributed by atoms with Crippen LogP contribution in [-0.2, 0) is 0 Å². The average Bonchev–Trinajstić information content (AvgIpc) is 2.46. The van der Waals surface area contributed by atoms with E-state index in [1.165, 1.54) is 22.5 Å². The molecule has 7 heteroatoms. The van der Waals surface area contributed by atoms with E-state index < -0.39 is 10.2 Å². The van der Waals surface area contributed by atoms with E-state index in [0.29, 0.717) is 0 Å². The summed E-state index contributed by atoms with van der Waals surface area (Å²) in [7, 11) is 3.53. The SMILES string of the molecule is CN(C)c1ccc(-c2ccc(N(C)C)cc2)cc1.[O-][Cl+3]([O-])([O-])O. The van der Waals surface area contributed by atoms with Crippen LogP contribution in [0.25, 0.3) is 11.1 Å². The Morgan fingerprint density at radius 2 is 0.870 bits per heavy atom. The van der Waals surface area contributed by atoms with Crippen LogP contribution in [0.1, 0.15) is 0 Å². The van der Waals surface area contributed by atoms with Crippen molar-refractivity contribution >= 4 is 11.4 Å². The monoisotopic (exact) mass is 340 g/mol. The van der Waals surface area contributed by atoms with Gasteiger partial charge in [0.15, 0.2) is 0 Å². The van der Waals surface area contributed by atoms with Crippen LogP contribution < -0.4 is 23.8 Å². The molecule has 0 aliphatic rings. The topological polar surface area (TPSA) is 95.9 Å². The molecule has 0 aliphatic heterocycles. The third-order valence-electron chi connectivity index (χ3n) is 3.10. The molecule has 2 aromatic rings. The number of halogens is 1. The fraction of sp³-hybridized carbons (Fsp3) is 0.250. The molecule has 0 radical (unpaired) electrons. The lowest BCUT2D eigenvalue weighted by atomic mass is 10.0. The van der Waals surface area contributed by atoms with E-state index in [4.69, 9.17) is 18.6 Å². The van der Waals surface area contributed by atoms with Crippen molar-refractivity contribution < 1.29 is 28.9 Å². The van der Waals surface area contributed by atoms with Crippen LogP contribution >= 0.6 is 0 Å². The number of anilines is 2. The Morgan fingerprint density at radius 3 is 1.04 bits per heavy atom. The van der Waals surface area contributed by atoms with E-state index in [1.807, 2.05) is 0 Å². The Labute approximate surface area is 138 Å². The summed E-state index contributed by atoms with van der Waals surface area (Å²) in [5.74, 6) is 0. The predicted octanol–water partition coefficient (Wildman–Crippen LogP) is -0.638. The van der Waals surface area contributed by atoms with Gasteiger partial charge in [0.25, 0.3) is 0 Å². The van der Waals surface area contributed by atoms with E-state index >= 15 is 0 Å². The van der Waals surface area contributed by atoms with E-state index in [1.54, 1.807) is 0 Å². The summed E-state index contributed by atoms with van der Waals surface area (Å²) in [5.41, 5.74) is 4.96. The lowest BCUT2D eigenvalue weighted by molar-refractivity contribution is -1.92. The lowest BCUT2D eigenvalue weighted by Crippen LogP contribution is -2.58. The standard InChI is InChI=1S/C16H20N2.ClHO4/c1-17(2)15-9-5-13(6-10-15)14-7-11-16(12-8-14)18(3)4;2-1(3,4)5/h5-12H,1-4H3;(H,2,3,4,5). The molecule has 1 N–H and O–H groups in total. The second-order valence-electron chi connectivity index (χ2n) is 5.28. The molecule has 2 rings (SSSR count). The second kappa shape index (κ2) is 8.14. The van der Waals surface area contributed by atoms with Crippen LogP contribution in [0.5, 0.6) is 0 Å². The number of hydrogen-bond acceptors (Lipinski definition) is 6. The molecule has 0 fully saturated rings. The fourth-order valence-electron chi connectivity index (χ4n) is 1.90. The summed E-state index contributed by atoms with van der Waals surface area (Å²) >= 11 is 0. The first-order valence-electron chi connectivity index (χ1n) is 6.76. The quantitative estimate of drug-likeness (QED) is 0.798. The van der Waals surface area contributed by atoms with Gasteiger partial charge < -0.3 is 9.80 Å². The number of nitrogens with zero attached hydrogens (tertiary/aromatic N) is 2. The summed E-state index contributed by atoms with van der Waals surface area (Å²) in [6.07, 6.45) is 0. The fourth-order valence-corrected chi connectivity index (χ4v) is 1.90. The Kier molecular flexibility index (Phi) is 6.80. The average molecular weight is 341 g/mol. The zero-order valence-electron chi connectivity index (χ0n) is 13.6. The highest BCUT2D eigenvalue weighted by Gasteiger charge is 2.00. The van der Waals surface area contributed by atoms with Crippen molar-refractivity contribution in [3.8, 4) is 11.1 Å². The highest BCUT2D eigenvalue weighted by atomic mass is 35.7. The normalized spacial score (nSPS) is 10.6. The summed E-state index contributed by atoms with van der Waals surface area (Å²) in [4.78, 5) is 4.22. The van der Waals surface area contributed by atoms with E-state index in [2.05, 4.69) is 86.5 Å². The zero-order chi connectivity index (χ0) is 17.6. The van der Waals surface area contributed by atoms with Crippen LogP contribution in [0.3, 0.4) is 0 Å². The molecule has 0 unspecified atom stereocenters. The minimum absolute atomic E-state index is 1.23. The van der Waals surface area contributed by atoms with Gasteiger partial charge in [-0.15, -0.1) is 0 Å². The highest BCUT2D eigenvalue weighted by molar-refractivity contribution is 5.68. The first kappa shape index (κ1) is 19.2. The molecule has 126 valence electrons. The van der Waals surface area contributed by atoms with Gasteiger partial charge in [-0.25, -0.2) is 0 Å². The van der Waals surface area contributed by atoms with Crippen molar-refractivity contribution in [2.24, 2.45) is 0 Å². The molecule has 0 heterocycles. The molecular weight excluding hydrogens is 320 g/mol. The Bertz CT molecular complexity index is 537. The summed E-state index contributed by atoms with van der Waals surface area (Å²) < 4.78 is 32.7. The number of hydrogen-bond donors (Lipinski definition) is 1. The van der Waals surface area contributed by atoms with Crippen LogP contribution in [-0.4, -0.2) is 32.8 Å². The maximum absolute atomic E-state index is 8.60. The molecular formula is C16H21ClN2O4. The molecule has 0 bridgehead atoms. The molecule has 0 aromatic heterocycles. The maximum atomic E-state index is 8.60. The van der Waals surface area contributed by atoms with Crippen LogP contribution in [0, 0.1) is 10.2 Å². The first-order chi connectivity index (χ1) is 10.6. The lowest BCUT2D eigenvalue weighted by Gasteiger charge is -2.14. The van der Waals surface area contributed by atoms with Crippen molar-refractivity contribution in [2.45, 2.75) is 0 Å². The molecule has 0 spiro atoms. The van der Waals surface area contributed by atoms with Gasteiger partial charge in [-0.1, -0.05) is 24.3 Å². The molecule has 0 aliphatic carbocycles. The van der Waals surface area contributed by atoms with E-state index in [-0.39, 0.29) is 0 Å². The molecule has 0 saturated carbocycles. The van der Waals surface area contributed by atoms with Gasteiger partial charge in [-0.3, -0.25) is 0 Å². The second-order valence-corrected chi connectivity index (χ2v) is 6.07. The van der Waals surface area contributed by atoms with Gasteiger partial charge in [0, 0.05) is 39.6 Å². The molecule has 0 amide bonds. The van der Waals surface area contributed by atoms with Gasteiger partial charge in [-0.05, 0) is 35.4 Å². The number of rotatable bonds is 3. The van der Waals surface area contributed by atoms with E-state index in [0.717, 1.165) is 0 Å². The Morgan fingerprint density at radius 1 is 0.652 bits per heavy atom. The number of benzene rings is 2. The molecule has 2 aromatic carbocycles. The third kappa shape index (κ3) is 7.32. The minimum Gasteiger partial charge on any atom is -0.378 e. The third-order valence-corrected chi connectivity index (χ3v) is 3.10. The molecule has 0 atom stereocenters. The van der Waals surface area contributed by atoms with Crippen LogP contribution in [0.15, 0.2) is 48.5 Å². The van der Waals surface area contributed by atoms with Crippen molar-refractivity contribution in [1.82, 2.24) is 0 Å². The van der Waals surface area contributed by atoms with Gasteiger partial charge in [0.05, 0.1) is 14.9 Å². The summed E-state index contributed by atoms with van der Waals surface area (Å²) in [5, 5.41) is 0. The predicted molar refractivity (Wildman–Crippen MR) is 82.8 cm³/mol. The van der Waals surface area contributed by atoms with Crippen LogP contribution in [0.2, 0.25) is 0 Å². The van der Waals surface area contributed by atoms with Crippen molar-refractivity contribution in [3.05, 3.63) is 48.5 Å². The van der Waals surface area contributed by atoms with Gasteiger partial charge in [-0.2, -0.15) is 14.0 Å². The highest BCUT2D eigenvalue weighted by Crippen LogP contribution is 2.24. The zero-order valence-corrected chi connectivity index (χ0v) is 14.3. The summed E-state index contributed by atoms with van der Waals surface area (Å²) in [6.45, 7) is 0. The van der Waals surface area contributed by atoms with Gasteiger partial charge in [0.2, 0.25) is 0 Å².